The van der Waals surface area contributed by atoms with Gasteiger partial charge in [0, 0.05) is 13.2 Å². The van der Waals surface area contributed by atoms with Crippen molar-refractivity contribution in [2.75, 3.05) is 19.8 Å². The van der Waals surface area contributed by atoms with Gasteiger partial charge in [-0.25, -0.2) is 4.79 Å². The minimum absolute atomic E-state index is 0.189. The van der Waals surface area contributed by atoms with Gasteiger partial charge in [0.25, 0.3) is 0 Å². The number of carbonyl (C=O) groups is 1. The van der Waals surface area contributed by atoms with Crippen molar-refractivity contribution in [3.8, 4) is 0 Å². The zero-order chi connectivity index (χ0) is 15.3. The van der Waals surface area contributed by atoms with E-state index in [1.165, 1.54) is 32.1 Å². The summed E-state index contributed by atoms with van der Waals surface area (Å²) >= 11 is 0. The van der Waals surface area contributed by atoms with Gasteiger partial charge in [-0.05, 0) is 52.4 Å². The SMILES string of the molecule is CC(C)(C)OC(=O)N1CCCC1COCC1CCCCC1. The van der Waals surface area contributed by atoms with Crippen molar-refractivity contribution < 1.29 is 14.3 Å². The molecule has 1 aliphatic carbocycles. The highest BCUT2D eigenvalue weighted by Gasteiger charge is 2.32. The number of carbonyl (C=O) groups excluding carboxylic acids is 1. The lowest BCUT2D eigenvalue weighted by molar-refractivity contribution is 0.00557. The van der Waals surface area contributed by atoms with Crippen LogP contribution in [0.15, 0.2) is 0 Å². The van der Waals surface area contributed by atoms with Crippen LogP contribution in [0.25, 0.3) is 0 Å². The summed E-state index contributed by atoms with van der Waals surface area (Å²) in [5.41, 5.74) is -0.423. The Morgan fingerprint density at radius 1 is 1.05 bits per heavy atom. The fourth-order valence-corrected chi connectivity index (χ4v) is 3.29. The van der Waals surface area contributed by atoms with Crippen molar-refractivity contribution in [2.24, 2.45) is 5.92 Å². The van der Waals surface area contributed by atoms with Gasteiger partial charge in [-0.2, -0.15) is 0 Å². The summed E-state index contributed by atoms with van der Waals surface area (Å²) in [5.74, 6) is 0.732. The first-order chi connectivity index (χ1) is 9.96. The predicted molar refractivity (Wildman–Crippen MR) is 83.4 cm³/mol. The molecule has 1 saturated heterocycles. The summed E-state index contributed by atoms with van der Waals surface area (Å²) in [4.78, 5) is 14.0. The van der Waals surface area contributed by atoms with Crippen molar-refractivity contribution in [3.63, 3.8) is 0 Å². The van der Waals surface area contributed by atoms with Crippen LogP contribution >= 0.6 is 0 Å². The molecule has 122 valence electrons. The van der Waals surface area contributed by atoms with E-state index in [9.17, 15) is 4.79 Å². The summed E-state index contributed by atoms with van der Waals surface area (Å²) in [7, 11) is 0. The second-order valence-electron chi connectivity index (χ2n) is 7.51. The van der Waals surface area contributed by atoms with E-state index in [1.807, 2.05) is 25.7 Å². The van der Waals surface area contributed by atoms with E-state index in [1.54, 1.807) is 0 Å². The molecule has 2 aliphatic rings. The second kappa shape index (κ2) is 7.48. The number of amides is 1. The average molecular weight is 297 g/mol. The molecular formula is C17H31NO3. The lowest BCUT2D eigenvalue weighted by Gasteiger charge is -2.29. The number of hydrogen-bond acceptors (Lipinski definition) is 3. The molecule has 1 heterocycles. The molecule has 0 N–H and O–H groups in total. The van der Waals surface area contributed by atoms with E-state index in [4.69, 9.17) is 9.47 Å². The summed E-state index contributed by atoms with van der Waals surface area (Å²) in [5, 5.41) is 0. The minimum atomic E-state index is -0.423. The Hall–Kier alpha value is -0.770. The topological polar surface area (TPSA) is 38.8 Å². The van der Waals surface area contributed by atoms with Gasteiger partial charge in [0.1, 0.15) is 5.60 Å². The Morgan fingerprint density at radius 2 is 1.76 bits per heavy atom. The molecule has 1 saturated carbocycles. The zero-order valence-corrected chi connectivity index (χ0v) is 13.9. The summed E-state index contributed by atoms with van der Waals surface area (Å²) in [6, 6.07) is 0.198. The molecule has 0 radical (unpaired) electrons. The van der Waals surface area contributed by atoms with Crippen LogP contribution < -0.4 is 0 Å². The third-order valence-electron chi connectivity index (χ3n) is 4.39. The standard InChI is InChI=1S/C17H31NO3/c1-17(2,3)21-16(19)18-11-7-10-15(18)13-20-12-14-8-5-4-6-9-14/h14-15H,4-13H2,1-3H3. The summed E-state index contributed by atoms with van der Waals surface area (Å²) in [6.45, 7) is 8.06. The highest BCUT2D eigenvalue weighted by atomic mass is 16.6. The fraction of sp³-hybridized carbons (Fsp3) is 0.941. The molecule has 0 aromatic heterocycles. The molecule has 1 unspecified atom stereocenters. The molecule has 21 heavy (non-hydrogen) atoms. The Labute approximate surface area is 129 Å². The van der Waals surface area contributed by atoms with Crippen molar-refractivity contribution in [3.05, 3.63) is 0 Å². The maximum atomic E-state index is 12.2. The van der Waals surface area contributed by atoms with Crippen molar-refractivity contribution in [1.29, 1.82) is 0 Å². The largest absolute Gasteiger partial charge is 0.444 e. The first-order valence-corrected chi connectivity index (χ1v) is 8.53. The van der Waals surface area contributed by atoms with E-state index in [0.29, 0.717) is 6.61 Å². The molecule has 1 aliphatic heterocycles. The number of nitrogens with zero attached hydrogens (tertiary/aromatic N) is 1. The second-order valence-corrected chi connectivity index (χ2v) is 7.51. The van der Waals surface area contributed by atoms with E-state index in [2.05, 4.69) is 0 Å². The molecule has 2 rings (SSSR count). The number of rotatable bonds is 4. The zero-order valence-electron chi connectivity index (χ0n) is 13.9. The lowest BCUT2D eigenvalue weighted by Crippen LogP contribution is -2.41. The first kappa shape index (κ1) is 16.6. The Balaban J connectivity index is 1.72. The number of ether oxygens (including phenoxy) is 2. The van der Waals surface area contributed by atoms with Crippen molar-refractivity contribution in [1.82, 2.24) is 4.90 Å². The first-order valence-electron chi connectivity index (χ1n) is 8.53. The monoisotopic (exact) mass is 297 g/mol. The van der Waals surface area contributed by atoms with Crippen LogP contribution in [-0.2, 0) is 9.47 Å². The highest BCUT2D eigenvalue weighted by molar-refractivity contribution is 5.68. The van der Waals surface area contributed by atoms with Gasteiger partial charge < -0.3 is 14.4 Å². The van der Waals surface area contributed by atoms with Crippen molar-refractivity contribution in [2.45, 2.75) is 77.4 Å². The molecular weight excluding hydrogens is 266 g/mol. The summed E-state index contributed by atoms with van der Waals surface area (Å²) in [6.07, 6.45) is 8.59. The maximum Gasteiger partial charge on any atom is 0.410 e. The molecule has 0 aromatic rings. The van der Waals surface area contributed by atoms with Crippen molar-refractivity contribution >= 4 is 6.09 Å². The molecule has 1 atom stereocenters. The molecule has 2 fully saturated rings. The normalized spacial score (nSPS) is 24.3. The third kappa shape index (κ3) is 5.50. The van der Waals surface area contributed by atoms with Gasteiger partial charge in [0.05, 0.1) is 12.6 Å². The molecule has 4 nitrogen and oxygen atoms in total. The van der Waals surface area contributed by atoms with E-state index >= 15 is 0 Å². The molecule has 0 spiro atoms. The number of hydrogen-bond donors (Lipinski definition) is 0. The van der Waals surface area contributed by atoms with E-state index < -0.39 is 5.60 Å². The molecule has 0 aromatic carbocycles. The van der Waals surface area contributed by atoms with E-state index in [-0.39, 0.29) is 12.1 Å². The van der Waals surface area contributed by atoms with Crippen LogP contribution in [0.1, 0.15) is 65.7 Å². The van der Waals surface area contributed by atoms with Crippen LogP contribution in [0.2, 0.25) is 0 Å². The molecule has 0 bridgehead atoms. The van der Waals surface area contributed by atoms with Gasteiger partial charge in [-0.3, -0.25) is 0 Å². The average Bonchev–Trinajstić information content (AvgIpc) is 2.86. The Bertz CT molecular complexity index is 331. The van der Waals surface area contributed by atoms with Crippen LogP contribution in [0.5, 0.6) is 0 Å². The van der Waals surface area contributed by atoms with Gasteiger partial charge in [0.2, 0.25) is 0 Å². The lowest BCUT2D eigenvalue weighted by atomic mass is 9.90. The van der Waals surface area contributed by atoms with Gasteiger partial charge >= 0.3 is 6.09 Å². The third-order valence-corrected chi connectivity index (χ3v) is 4.39. The molecule has 4 heteroatoms. The van der Waals surface area contributed by atoms with Crippen LogP contribution in [0.4, 0.5) is 4.79 Å². The van der Waals surface area contributed by atoms with Gasteiger partial charge in [-0.15, -0.1) is 0 Å². The smallest absolute Gasteiger partial charge is 0.410 e. The van der Waals surface area contributed by atoms with Crippen LogP contribution in [-0.4, -0.2) is 42.4 Å². The minimum Gasteiger partial charge on any atom is -0.444 e. The Kier molecular flexibility index (Phi) is 5.91. The molecule has 1 amide bonds. The Morgan fingerprint density at radius 3 is 2.43 bits per heavy atom. The van der Waals surface area contributed by atoms with Gasteiger partial charge in [0.15, 0.2) is 0 Å². The predicted octanol–water partition coefficient (Wildman–Crippen LogP) is 3.98. The quantitative estimate of drug-likeness (QED) is 0.787. The number of likely N-dealkylation sites (tertiary alicyclic amines) is 1. The highest BCUT2D eigenvalue weighted by Crippen LogP contribution is 2.25. The van der Waals surface area contributed by atoms with Crippen LogP contribution in [0, 0.1) is 5.92 Å². The summed E-state index contributed by atoms with van der Waals surface area (Å²) < 4.78 is 11.4. The maximum absolute atomic E-state index is 12.2. The van der Waals surface area contributed by atoms with Gasteiger partial charge in [-0.1, -0.05) is 19.3 Å². The van der Waals surface area contributed by atoms with E-state index in [0.717, 1.165) is 31.9 Å². The fourth-order valence-electron chi connectivity index (χ4n) is 3.29. The van der Waals surface area contributed by atoms with Crippen LogP contribution in [0.3, 0.4) is 0 Å².